The van der Waals surface area contributed by atoms with Gasteiger partial charge in [0.2, 0.25) is 0 Å². The Morgan fingerprint density at radius 2 is 2.12 bits per heavy atom. The van der Waals surface area contributed by atoms with E-state index in [1.54, 1.807) is 7.05 Å². The molecular weight excluding hydrogens is 326 g/mol. The number of hydrogen-bond acceptors (Lipinski definition) is 3. The molecule has 1 aromatic carbocycles. The van der Waals surface area contributed by atoms with Crippen molar-refractivity contribution in [3.05, 3.63) is 53.5 Å². The molecule has 3 aromatic rings. The lowest BCUT2D eigenvalue weighted by Gasteiger charge is -2.22. The Bertz CT molecular complexity index is 873. The summed E-state index contributed by atoms with van der Waals surface area (Å²) in [6.45, 7) is 5.68. The SMILES string of the molecule is CN=C(NCc1cc2ccccc2o1)N(C)Cc1cn(C)nc1C(C)C. The lowest BCUT2D eigenvalue weighted by atomic mass is 10.1. The molecule has 0 radical (unpaired) electrons. The maximum atomic E-state index is 5.87. The van der Waals surface area contributed by atoms with Crippen LogP contribution in [-0.4, -0.2) is 34.7 Å². The Hall–Kier alpha value is -2.76. The standard InChI is InChI=1S/C20H27N5O/c1-14(2)19-16(13-25(5)23-19)12-24(4)20(21-3)22-11-17-10-15-8-6-7-9-18(15)26-17/h6-10,13-14H,11-12H2,1-5H3,(H,21,22). The summed E-state index contributed by atoms with van der Waals surface area (Å²) in [6, 6.07) is 10.1. The first-order valence-corrected chi connectivity index (χ1v) is 8.89. The van der Waals surface area contributed by atoms with E-state index in [4.69, 9.17) is 4.42 Å². The lowest BCUT2D eigenvalue weighted by molar-refractivity contribution is 0.463. The monoisotopic (exact) mass is 353 g/mol. The van der Waals surface area contributed by atoms with Gasteiger partial charge in [-0.25, -0.2) is 0 Å². The summed E-state index contributed by atoms with van der Waals surface area (Å²) >= 11 is 0. The van der Waals surface area contributed by atoms with Crippen molar-refractivity contribution < 1.29 is 4.42 Å². The predicted octanol–water partition coefficient (Wildman–Crippen LogP) is 3.50. The summed E-state index contributed by atoms with van der Waals surface area (Å²) in [5.74, 6) is 2.11. The Kier molecular flexibility index (Phi) is 5.30. The van der Waals surface area contributed by atoms with Gasteiger partial charge in [0.1, 0.15) is 11.3 Å². The lowest BCUT2D eigenvalue weighted by Crippen LogP contribution is -2.38. The summed E-state index contributed by atoms with van der Waals surface area (Å²) in [4.78, 5) is 6.50. The maximum absolute atomic E-state index is 5.87. The fraction of sp³-hybridized carbons (Fsp3) is 0.400. The van der Waals surface area contributed by atoms with Crippen LogP contribution in [0.5, 0.6) is 0 Å². The van der Waals surface area contributed by atoms with Crippen molar-refractivity contribution in [3.8, 4) is 0 Å². The van der Waals surface area contributed by atoms with Crippen LogP contribution in [0.1, 0.15) is 36.8 Å². The van der Waals surface area contributed by atoms with E-state index in [-0.39, 0.29) is 0 Å². The number of aromatic nitrogens is 2. The molecule has 138 valence electrons. The third-order valence-corrected chi connectivity index (χ3v) is 4.36. The van der Waals surface area contributed by atoms with E-state index < -0.39 is 0 Å². The zero-order valence-corrected chi connectivity index (χ0v) is 16.2. The van der Waals surface area contributed by atoms with E-state index in [1.807, 2.05) is 37.0 Å². The van der Waals surface area contributed by atoms with E-state index in [1.165, 1.54) is 5.56 Å². The van der Waals surface area contributed by atoms with Gasteiger partial charge in [0.05, 0.1) is 12.2 Å². The molecule has 2 heterocycles. The largest absolute Gasteiger partial charge is 0.459 e. The quantitative estimate of drug-likeness (QED) is 0.563. The van der Waals surface area contributed by atoms with Crippen molar-refractivity contribution >= 4 is 16.9 Å². The first kappa shape index (κ1) is 18.0. The number of aryl methyl sites for hydroxylation is 1. The van der Waals surface area contributed by atoms with Crippen molar-refractivity contribution in [2.75, 3.05) is 14.1 Å². The van der Waals surface area contributed by atoms with Crippen LogP contribution in [0.4, 0.5) is 0 Å². The van der Waals surface area contributed by atoms with Gasteiger partial charge in [-0.2, -0.15) is 5.10 Å². The molecule has 0 aliphatic heterocycles. The third-order valence-electron chi connectivity index (χ3n) is 4.36. The van der Waals surface area contributed by atoms with Crippen LogP contribution in [0.15, 0.2) is 45.9 Å². The highest BCUT2D eigenvalue weighted by molar-refractivity contribution is 5.80. The number of furan rings is 1. The molecule has 6 nitrogen and oxygen atoms in total. The van der Waals surface area contributed by atoms with E-state index in [2.05, 4.69) is 52.5 Å². The van der Waals surface area contributed by atoms with Crippen molar-refractivity contribution in [3.63, 3.8) is 0 Å². The van der Waals surface area contributed by atoms with Gasteiger partial charge in [0, 0.05) is 44.8 Å². The third kappa shape index (κ3) is 3.90. The Morgan fingerprint density at radius 1 is 1.35 bits per heavy atom. The van der Waals surface area contributed by atoms with Crippen molar-refractivity contribution in [1.29, 1.82) is 0 Å². The van der Waals surface area contributed by atoms with Gasteiger partial charge >= 0.3 is 0 Å². The second-order valence-electron chi connectivity index (χ2n) is 6.88. The highest BCUT2D eigenvalue weighted by Crippen LogP contribution is 2.20. The second kappa shape index (κ2) is 7.64. The number of guanidine groups is 1. The van der Waals surface area contributed by atoms with Crippen molar-refractivity contribution in [2.45, 2.75) is 32.9 Å². The first-order valence-electron chi connectivity index (χ1n) is 8.89. The average molecular weight is 353 g/mol. The maximum Gasteiger partial charge on any atom is 0.194 e. The minimum Gasteiger partial charge on any atom is -0.459 e. The fourth-order valence-corrected chi connectivity index (χ4v) is 3.17. The van der Waals surface area contributed by atoms with E-state index >= 15 is 0 Å². The van der Waals surface area contributed by atoms with Crippen LogP contribution < -0.4 is 5.32 Å². The number of hydrogen-bond donors (Lipinski definition) is 1. The molecule has 6 heteroatoms. The molecule has 0 saturated carbocycles. The summed E-state index contributed by atoms with van der Waals surface area (Å²) in [6.07, 6.45) is 2.08. The van der Waals surface area contributed by atoms with Crippen LogP contribution in [0.2, 0.25) is 0 Å². The van der Waals surface area contributed by atoms with Gasteiger partial charge in [-0.1, -0.05) is 32.0 Å². The summed E-state index contributed by atoms with van der Waals surface area (Å²) in [7, 11) is 5.79. The van der Waals surface area contributed by atoms with Crippen LogP contribution in [0, 0.1) is 0 Å². The normalized spacial score (nSPS) is 12.2. The average Bonchev–Trinajstić information content (AvgIpc) is 3.18. The second-order valence-corrected chi connectivity index (χ2v) is 6.88. The van der Waals surface area contributed by atoms with E-state index in [0.717, 1.165) is 34.9 Å². The van der Waals surface area contributed by atoms with Crippen LogP contribution in [0.25, 0.3) is 11.0 Å². The van der Waals surface area contributed by atoms with Gasteiger partial charge in [-0.05, 0) is 18.1 Å². The van der Waals surface area contributed by atoms with E-state index in [0.29, 0.717) is 12.5 Å². The Balaban J connectivity index is 1.66. The van der Waals surface area contributed by atoms with E-state index in [9.17, 15) is 0 Å². The van der Waals surface area contributed by atoms with Crippen LogP contribution >= 0.6 is 0 Å². The molecule has 26 heavy (non-hydrogen) atoms. The number of aliphatic imine (C=N–C) groups is 1. The van der Waals surface area contributed by atoms with Crippen LogP contribution in [-0.2, 0) is 20.1 Å². The van der Waals surface area contributed by atoms with Gasteiger partial charge in [-0.3, -0.25) is 9.67 Å². The topological polar surface area (TPSA) is 58.6 Å². The number of rotatable bonds is 5. The molecule has 0 aliphatic carbocycles. The number of para-hydroxylation sites is 1. The highest BCUT2D eigenvalue weighted by Gasteiger charge is 2.15. The predicted molar refractivity (Wildman–Crippen MR) is 105 cm³/mol. The molecule has 0 fully saturated rings. The van der Waals surface area contributed by atoms with Gasteiger partial charge < -0.3 is 14.6 Å². The summed E-state index contributed by atoms with van der Waals surface area (Å²) in [5, 5.41) is 9.07. The van der Waals surface area contributed by atoms with Crippen molar-refractivity contribution in [1.82, 2.24) is 20.0 Å². The Labute approximate surface area is 154 Å². The highest BCUT2D eigenvalue weighted by atomic mass is 16.3. The first-order chi connectivity index (χ1) is 12.5. The van der Waals surface area contributed by atoms with Gasteiger partial charge in [0.25, 0.3) is 0 Å². The molecule has 3 rings (SSSR count). The van der Waals surface area contributed by atoms with Gasteiger partial charge in [-0.15, -0.1) is 0 Å². The van der Waals surface area contributed by atoms with Gasteiger partial charge in [0.15, 0.2) is 5.96 Å². The summed E-state index contributed by atoms with van der Waals surface area (Å²) < 4.78 is 7.74. The molecule has 2 aromatic heterocycles. The number of benzene rings is 1. The summed E-state index contributed by atoms with van der Waals surface area (Å²) in [5.41, 5.74) is 3.26. The number of fused-ring (bicyclic) bond motifs is 1. The zero-order chi connectivity index (χ0) is 18.7. The molecule has 0 aliphatic rings. The fourth-order valence-electron chi connectivity index (χ4n) is 3.17. The molecule has 0 unspecified atom stereocenters. The molecule has 0 amide bonds. The Morgan fingerprint density at radius 3 is 2.81 bits per heavy atom. The molecule has 0 saturated heterocycles. The number of nitrogens with zero attached hydrogens (tertiary/aromatic N) is 4. The minimum absolute atomic E-state index is 0.394. The zero-order valence-electron chi connectivity index (χ0n) is 16.2. The molecule has 0 bridgehead atoms. The van der Waals surface area contributed by atoms with Crippen molar-refractivity contribution in [2.24, 2.45) is 12.0 Å². The molecule has 0 atom stereocenters. The number of nitrogens with one attached hydrogen (secondary N) is 1. The smallest absolute Gasteiger partial charge is 0.194 e. The van der Waals surface area contributed by atoms with Crippen LogP contribution in [0.3, 0.4) is 0 Å². The molecular formula is C20H27N5O. The molecule has 0 spiro atoms. The minimum atomic E-state index is 0.394. The molecule has 1 N–H and O–H groups in total.